The highest BCUT2D eigenvalue weighted by molar-refractivity contribution is 6.23. The summed E-state index contributed by atoms with van der Waals surface area (Å²) < 4.78 is 0. The third-order valence-corrected chi connectivity index (χ3v) is 5.92. The lowest BCUT2D eigenvalue weighted by molar-refractivity contribution is -0.126. The fourth-order valence-corrected chi connectivity index (χ4v) is 4.32. The number of hydroxylamine groups is 1. The van der Waals surface area contributed by atoms with Gasteiger partial charge in [-0.05, 0) is 48.9 Å². The van der Waals surface area contributed by atoms with E-state index in [9.17, 15) is 19.5 Å². The molecule has 3 aromatic rings. The topological polar surface area (TPSA) is 87.2 Å². The number of imide groups is 1. The number of hydrogen-bond donors (Lipinski definition) is 1. The van der Waals surface area contributed by atoms with Gasteiger partial charge in [-0.15, -0.1) is 0 Å². The van der Waals surface area contributed by atoms with E-state index in [4.69, 9.17) is 4.84 Å². The Hall–Kier alpha value is -3.97. The van der Waals surface area contributed by atoms with Crippen molar-refractivity contribution in [2.24, 2.45) is 5.92 Å². The fraction of sp³-hybridized carbons (Fsp3) is 0.160. The minimum Gasteiger partial charge on any atom is -0.478 e. The van der Waals surface area contributed by atoms with Crippen molar-refractivity contribution in [1.82, 2.24) is 0 Å². The second kappa shape index (κ2) is 7.62. The van der Waals surface area contributed by atoms with Crippen molar-refractivity contribution in [2.75, 3.05) is 9.96 Å². The number of hydrogen-bond acceptors (Lipinski definition) is 5. The summed E-state index contributed by atoms with van der Waals surface area (Å²) in [4.78, 5) is 45.3. The van der Waals surface area contributed by atoms with E-state index in [0.29, 0.717) is 16.9 Å². The summed E-state index contributed by atoms with van der Waals surface area (Å²) >= 11 is 0. The monoisotopic (exact) mass is 428 g/mol. The normalized spacial score (nSPS) is 22.3. The first-order chi connectivity index (χ1) is 15.5. The van der Waals surface area contributed by atoms with Crippen LogP contribution in [0.4, 0.5) is 11.4 Å². The minimum absolute atomic E-state index is 0.144. The van der Waals surface area contributed by atoms with Crippen LogP contribution in [0.1, 0.15) is 27.5 Å². The third-order valence-electron chi connectivity index (χ3n) is 5.92. The molecule has 2 aliphatic rings. The van der Waals surface area contributed by atoms with Gasteiger partial charge in [0.1, 0.15) is 5.92 Å². The number of nitrogens with zero attached hydrogens (tertiary/aromatic N) is 2. The van der Waals surface area contributed by atoms with E-state index in [1.807, 2.05) is 49.4 Å². The number of rotatable bonds is 4. The number of fused-ring (bicyclic) bond motifs is 1. The first-order valence-corrected chi connectivity index (χ1v) is 10.2. The van der Waals surface area contributed by atoms with Crippen LogP contribution in [0.25, 0.3) is 0 Å². The molecule has 0 bridgehead atoms. The Bertz CT molecular complexity index is 1190. The Morgan fingerprint density at radius 1 is 0.844 bits per heavy atom. The molecule has 2 aliphatic heterocycles. The van der Waals surface area contributed by atoms with Gasteiger partial charge in [-0.25, -0.2) is 14.8 Å². The lowest BCUT2D eigenvalue weighted by Gasteiger charge is -2.28. The second-order valence-electron chi connectivity index (χ2n) is 7.93. The molecule has 2 fully saturated rings. The summed E-state index contributed by atoms with van der Waals surface area (Å²) in [5, 5.41) is 10.8. The van der Waals surface area contributed by atoms with Crippen LogP contribution in [-0.4, -0.2) is 29.0 Å². The van der Waals surface area contributed by atoms with Crippen molar-refractivity contribution in [2.45, 2.75) is 19.1 Å². The van der Waals surface area contributed by atoms with Gasteiger partial charge in [0.15, 0.2) is 6.10 Å². The lowest BCUT2D eigenvalue weighted by atomic mass is 9.90. The van der Waals surface area contributed by atoms with Gasteiger partial charge in [0, 0.05) is 0 Å². The SMILES string of the molecule is Cc1ccc(N2C(=O)[C@H]3[C@@H](ON(c4ccccc4)[C@H]3c3ccc(C(=O)O)cc3)C2=O)cc1. The number of carbonyl (C=O) groups excluding carboxylic acids is 2. The second-order valence-corrected chi connectivity index (χ2v) is 7.93. The maximum absolute atomic E-state index is 13.5. The van der Waals surface area contributed by atoms with Gasteiger partial charge in [0.25, 0.3) is 5.91 Å². The number of aromatic carboxylic acids is 1. The number of amides is 2. The summed E-state index contributed by atoms with van der Waals surface area (Å²) in [7, 11) is 0. The molecule has 0 saturated carbocycles. The standard InChI is InChI=1S/C25H20N2O5/c1-15-7-13-18(14-8-15)26-23(28)20-21(16-9-11-17(12-10-16)25(30)31)27(32-22(20)24(26)29)19-5-3-2-4-6-19/h2-14,20-22H,1H3,(H,30,31)/t20-,21+,22-/m1/s1. The predicted molar refractivity (Wildman–Crippen MR) is 117 cm³/mol. The molecule has 7 nitrogen and oxygen atoms in total. The highest BCUT2D eigenvalue weighted by Crippen LogP contribution is 2.47. The van der Waals surface area contributed by atoms with Gasteiger partial charge in [0.05, 0.1) is 23.0 Å². The van der Waals surface area contributed by atoms with Gasteiger partial charge in [-0.1, -0.05) is 48.0 Å². The van der Waals surface area contributed by atoms with Crippen LogP contribution >= 0.6 is 0 Å². The average Bonchev–Trinajstić information content (AvgIpc) is 3.31. The summed E-state index contributed by atoms with van der Waals surface area (Å²) in [6.07, 6.45) is -0.965. The number of aryl methyl sites for hydroxylation is 1. The predicted octanol–water partition coefficient (Wildman–Crippen LogP) is 3.74. The van der Waals surface area contributed by atoms with E-state index in [2.05, 4.69) is 0 Å². The molecule has 0 radical (unpaired) electrons. The van der Waals surface area contributed by atoms with E-state index in [1.165, 1.54) is 17.0 Å². The van der Waals surface area contributed by atoms with Crippen molar-refractivity contribution in [3.63, 3.8) is 0 Å². The minimum atomic E-state index is -1.03. The number of carbonyl (C=O) groups is 3. The number of carboxylic acid groups (broad SMARTS) is 1. The summed E-state index contributed by atoms with van der Waals surface area (Å²) in [6, 6.07) is 22.2. The molecule has 7 heteroatoms. The number of benzene rings is 3. The number of carboxylic acids is 1. The average molecular weight is 428 g/mol. The molecular weight excluding hydrogens is 408 g/mol. The quantitative estimate of drug-likeness (QED) is 0.637. The van der Waals surface area contributed by atoms with E-state index in [0.717, 1.165) is 5.56 Å². The van der Waals surface area contributed by atoms with Crippen LogP contribution in [0.2, 0.25) is 0 Å². The van der Waals surface area contributed by atoms with Crippen LogP contribution in [-0.2, 0) is 14.4 Å². The molecule has 0 spiro atoms. The van der Waals surface area contributed by atoms with Crippen molar-refractivity contribution < 1.29 is 24.3 Å². The van der Waals surface area contributed by atoms with Gasteiger partial charge in [0.2, 0.25) is 5.91 Å². The van der Waals surface area contributed by atoms with Gasteiger partial charge in [-0.2, -0.15) is 0 Å². The molecule has 0 aliphatic carbocycles. The highest BCUT2D eigenvalue weighted by atomic mass is 16.7. The zero-order valence-electron chi connectivity index (χ0n) is 17.2. The third kappa shape index (κ3) is 3.14. The summed E-state index contributed by atoms with van der Waals surface area (Å²) in [5.41, 5.74) is 3.08. The molecule has 2 saturated heterocycles. The molecule has 2 heterocycles. The zero-order chi connectivity index (χ0) is 22.4. The molecule has 3 aromatic carbocycles. The molecule has 32 heavy (non-hydrogen) atoms. The molecule has 160 valence electrons. The Kier molecular flexibility index (Phi) is 4.75. The van der Waals surface area contributed by atoms with Gasteiger partial charge < -0.3 is 5.11 Å². The van der Waals surface area contributed by atoms with Crippen LogP contribution in [0.5, 0.6) is 0 Å². The largest absolute Gasteiger partial charge is 0.478 e. The smallest absolute Gasteiger partial charge is 0.335 e. The fourth-order valence-electron chi connectivity index (χ4n) is 4.32. The van der Waals surface area contributed by atoms with E-state index >= 15 is 0 Å². The summed E-state index contributed by atoms with van der Waals surface area (Å²) in [5.74, 6) is -2.54. The van der Waals surface area contributed by atoms with Gasteiger partial charge in [-0.3, -0.25) is 14.4 Å². The molecular formula is C25H20N2O5. The maximum Gasteiger partial charge on any atom is 0.335 e. The number of para-hydroxylation sites is 1. The van der Waals surface area contributed by atoms with Crippen molar-refractivity contribution in [3.8, 4) is 0 Å². The molecule has 2 amide bonds. The molecule has 5 rings (SSSR count). The van der Waals surface area contributed by atoms with Crippen molar-refractivity contribution in [1.29, 1.82) is 0 Å². The van der Waals surface area contributed by atoms with Crippen LogP contribution in [0.3, 0.4) is 0 Å². The Labute approximate surface area is 184 Å². The van der Waals surface area contributed by atoms with Gasteiger partial charge >= 0.3 is 5.97 Å². The zero-order valence-corrected chi connectivity index (χ0v) is 17.2. The van der Waals surface area contributed by atoms with E-state index in [-0.39, 0.29) is 11.5 Å². The van der Waals surface area contributed by atoms with E-state index in [1.54, 1.807) is 29.3 Å². The number of anilines is 2. The highest BCUT2D eigenvalue weighted by Gasteiger charge is 2.60. The van der Waals surface area contributed by atoms with Crippen molar-refractivity contribution in [3.05, 3.63) is 95.6 Å². The Morgan fingerprint density at radius 3 is 2.12 bits per heavy atom. The first kappa shape index (κ1) is 20.0. The van der Waals surface area contributed by atoms with E-state index < -0.39 is 29.9 Å². The molecule has 0 unspecified atom stereocenters. The summed E-state index contributed by atoms with van der Waals surface area (Å²) in [6.45, 7) is 1.93. The maximum atomic E-state index is 13.5. The molecule has 1 N–H and O–H groups in total. The van der Waals surface area contributed by atoms with Crippen LogP contribution < -0.4 is 9.96 Å². The first-order valence-electron chi connectivity index (χ1n) is 10.2. The Morgan fingerprint density at radius 2 is 1.50 bits per heavy atom. The molecule has 0 aromatic heterocycles. The van der Waals surface area contributed by atoms with Crippen molar-refractivity contribution >= 4 is 29.2 Å². The Balaban J connectivity index is 1.57. The molecule has 3 atom stereocenters. The lowest BCUT2D eigenvalue weighted by Crippen LogP contribution is -2.37. The van der Waals surface area contributed by atoms with Crippen LogP contribution in [0, 0.1) is 12.8 Å². The van der Waals surface area contributed by atoms with Crippen LogP contribution in [0.15, 0.2) is 78.9 Å².